The quantitative estimate of drug-likeness (QED) is 0.838. The highest BCUT2D eigenvalue weighted by atomic mass is 16.6. The van der Waals surface area contributed by atoms with Crippen LogP contribution in [0.4, 0.5) is 4.79 Å². The first-order chi connectivity index (χ1) is 8.28. The molecule has 1 aromatic rings. The van der Waals surface area contributed by atoms with Crippen molar-refractivity contribution in [2.75, 3.05) is 0 Å². The average Bonchev–Trinajstić information content (AvgIpc) is 2.65. The molecule has 0 aliphatic heterocycles. The van der Waals surface area contributed by atoms with Crippen molar-refractivity contribution in [3.05, 3.63) is 24.2 Å². The summed E-state index contributed by atoms with van der Waals surface area (Å²) in [5.41, 5.74) is -0.547. The van der Waals surface area contributed by atoms with E-state index >= 15 is 0 Å². The Morgan fingerprint density at radius 1 is 1.44 bits per heavy atom. The molecule has 5 nitrogen and oxygen atoms in total. The summed E-state index contributed by atoms with van der Waals surface area (Å²) in [6.07, 6.45) is 1.09. The minimum atomic E-state index is -0.547. The van der Waals surface area contributed by atoms with E-state index in [1.807, 2.05) is 0 Å². The maximum absolute atomic E-state index is 11.7. The van der Waals surface area contributed by atoms with E-state index in [1.165, 1.54) is 6.26 Å². The van der Waals surface area contributed by atoms with Crippen LogP contribution in [-0.4, -0.2) is 23.5 Å². The lowest BCUT2D eigenvalue weighted by molar-refractivity contribution is 0.0506. The van der Waals surface area contributed by atoms with Gasteiger partial charge in [0.05, 0.1) is 6.26 Å². The predicted molar refractivity (Wildman–Crippen MR) is 66.5 cm³/mol. The van der Waals surface area contributed by atoms with Crippen LogP contribution in [0, 0.1) is 0 Å². The molecule has 5 heteroatoms. The summed E-state index contributed by atoms with van der Waals surface area (Å²) >= 11 is 0. The van der Waals surface area contributed by atoms with Gasteiger partial charge in [-0.3, -0.25) is 4.79 Å². The highest BCUT2D eigenvalue weighted by Gasteiger charge is 2.19. The van der Waals surface area contributed by atoms with Gasteiger partial charge in [-0.15, -0.1) is 0 Å². The van der Waals surface area contributed by atoms with E-state index in [0.29, 0.717) is 5.76 Å². The number of hydrogen-bond donors (Lipinski definition) is 1. The number of furan rings is 1. The smallest absolute Gasteiger partial charge is 0.407 e. The summed E-state index contributed by atoms with van der Waals surface area (Å²) < 4.78 is 10.1. The van der Waals surface area contributed by atoms with Gasteiger partial charge in [0.1, 0.15) is 5.60 Å². The molecule has 1 rings (SSSR count). The van der Waals surface area contributed by atoms with E-state index in [1.54, 1.807) is 39.8 Å². The molecule has 1 aromatic heterocycles. The van der Waals surface area contributed by atoms with Crippen molar-refractivity contribution >= 4 is 11.9 Å². The van der Waals surface area contributed by atoms with Gasteiger partial charge in [-0.25, -0.2) is 4.79 Å². The Kier molecular flexibility index (Phi) is 4.53. The number of Topliss-reactive ketones (excluding diaryl/α,β-unsaturated/α-hetero) is 1. The highest BCUT2D eigenvalue weighted by molar-refractivity contribution is 5.93. The van der Waals surface area contributed by atoms with Crippen LogP contribution >= 0.6 is 0 Å². The second-order valence-electron chi connectivity index (χ2n) is 5.15. The van der Waals surface area contributed by atoms with Gasteiger partial charge >= 0.3 is 6.09 Å². The summed E-state index contributed by atoms with van der Waals surface area (Å²) in [7, 11) is 0. The molecule has 0 aromatic carbocycles. The molecule has 0 aliphatic rings. The molecule has 0 bridgehead atoms. The predicted octanol–water partition coefficient (Wildman–Crippen LogP) is 2.77. The number of ether oxygens (including phenoxy) is 1. The zero-order valence-corrected chi connectivity index (χ0v) is 11.1. The second kappa shape index (κ2) is 5.71. The molecule has 1 unspecified atom stereocenters. The SMILES string of the molecule is CC(CC(=O)c1ccco1)NC(=O)OC(C)(C)C. The van der Waals surface area contributed by atoms with Gasteiger partial charge in [0.2, 0.25) is 0 Å². The van der Waals surface area contributed by atoms with E-state index in [0.717, 1.165) is 0 Å². The molecule has 100 valence electrons. The number of ketones is 1. The zero-order valence-electron chi connectivity index (χ0n) is 11.1. The molecule has 0 saturated heterocycles. The third-order valence-electron chi connectivity index (χ3n) is 2.05. The van der Waals surface area contributed by atoms with Crippen molar-refractivity contribution < 1.29 is 18.7 Å². The fourth-order valence-electron chi connectivity index (χ4n) is 1.38. The first-order valence-electron chi connectivity index (χ1n) is 5.84. The molecule has 18 heavy (non-hydrogen) atoms. The summed E-state index contributed by atoms with van der Waals surface area (Å²) in [4.78, 5) is 23.2. The topological polar surface area (TPSA) is 68.5 Å². The molecular weight excluding hydrogens is 234 g/mol. The molecule has 0 spiro atoms. The van der Waals surface area contributed by atoms with Crippen LogP contribution in [0.25, 0.3) is 0 Å². The molecule has 0 aliphatic carbocycles. The molecule has 0 saturated carbocycles. The number of carbonyl (C=O) groups excluding carboxylic acids is 2. The van der Waals surface area contributed by atoms with Gasteiger partial charge in [-0.05, 0) is 39.8 Å². The number of hydrogen-bond acceptors (Lipinski definition) is 4. The van der Waals surface area contributed by atoms with Crippen LogP contribution in [0.15, 0.2) is 22.8 Å². The maximum Gasteiger partial charge on any atom is 0.407 e. The normalized spacial score (nSPS) is 12.9. The molecule has 0 fully saturated rings. The second-order valence-corrected chi connectivity index (χ2v) is 5.15. The van der Waals surface area contributed by atoms with Gasteiger partial charge in [0.15, 0.2) is 11.5 Å². The summed E-state index contributed by atoms with van der Waals surface area (Å²) in [6, 6.07) is 2.94. The Bertz CT molecular complexity index is 403. The highest BCUT2D eigenvalue weighted by Crippen LogP contribution is 2.09. The van der Waals surface area contributed by atoms with Crippen LogP contribution in [0.5, 0.6) is 0 Å². The summed E-state index contributed by atoms with van der Waals surface area (Å²) in [5, 5.41) is 2.61. The number of rotatable bonds is 4. The summed E-state index contributed by atoms with van der Waals surface area (Å²) in [6.45, 7) is 7.09. The fourth-order valence-corrected chi connectivity index (χ4v) is 1.38. The van der Waals surface area contributed by atoms with Crippen LogP contribution < -0.4 is 5.32 Å². The monoisotopic (exact) mass is 253 g/mol. The van der Waals surface area contributed by atoms with E-state index in [-0.39, 0.29) is 18.2 Å². The maximum atomic E-state index is 11.7. The minimum Gasteiger partial charge on any atom is -0.461 e. The van der Waals surface area contributed by atoms with E-state index in [4.69, 9.17) is 9.15 Å². The van der Waals surface area contributed by atoms with Crippen LogP contribution in [-0.2, 0) is 4.74 Å². The van der Waals surface area contributed by atoms with E-state index in [2.05, 4.69) is 5.32 Å². The molecule has 0 radical (unpaired) electrons. The van der Waals surface area contributed by atoms with Crippen molar-refractivity contribution in [2.45, 2.75) is 45.8 Å². The van der Waals surface area contributed by atoms with Gasteiger partial charge in [0, 0.05) is 12.5 Å². The van der Waals surface area contributed by atoms with Crippen molar-refractivity contribution in [1.29, 1.82) is 0 Å². The van der Waals surface area contributed by atoms with E-state index in [9.17, 15) is 9.59 Å². The zero-order chi connectivity index (χ0) is 13.8. The Balaban J connectivity index is 2.40. The lowest BCUT2D eigenvalue weighted by Crippen LogP contribution is -2.38. The molecule has 1 atom stereocenters. The number of carbonyl (C=O) groups is 2. The molecule has 1 amide bonds. The Hall–Kier alpha value is -1.78. The van der Waals surface area contributed by atoms with Crippen LogP contribution in [0.1, 0.15) is 44.7 Å². The van der Waals surface area contributed by atoms with Crippen molar-refractivity contribution in [2.24, 2.45) is 0 Å². The van der Waals surface area contributed by atoms with E-state index < -0.39 is 11.7 Å². The number of alkyl carbamates (subject to hydrolysis) is 1. The molecule has 1 N–H and O–H groups in total. The van der Waals surface area contributed by atoms with Gasteiger partial charge in [-0.1, -0.05) is 0 Å². The molecular formula is C13H19NO4. The van der Waals surface area contributed by atoms with Gasteiger partial charge in [0.25, 0.3) is 0 Å². The molecule has 1 heterocycles. The van der Waals surface area contributed by atoms with Crippen molar-refractivity contribution in [3.8, 4) is 0 Å². The summed E-state index contributed by atoms with van der Waals surface area (Å²) in [5.74, 6) is 0.149. The first kappa shape index (κ1) is 14.3. The Morgan fingerprint density at radius 3 is 2.61 bits per heavy atom. The first-order valence-corrected chi connectivity index (χ1v) is 5.84. The van der Waals surface area contributed by atoms with Gasteiger partial charge < -0.3 is 14.5 Å². The van der Waals surface area contributed by atoms with Crippen molar-refractivity contribution in [3.63, 3.8) is 0 Å². The Morgan fingerprint density at radius 2 is 2.11 bits per heavy atom. The number of nitrogens with one attached hydrogen (secondary N) is 1. The average molecular weight is 253 g/mol. The van der Waals surface area contributed by atoms with Crippen LogP contribution in [0.3, 0.4) is 0 Å². The standard InChI is InChI=1S/C13H19NO4/c1-9(14-12(16)18-13(2,3)4)8-10(15)11-6-5-7-17-11/h5-7,9H,8H2,1-4H3,(H,14,16). The third kappa shape index (κ3) is 5.03. The third-order valence-corrected chi connectivity index (χ3v) is 2.05. The van der Waals surface area contributed by atoms with Crippen LogP contribution in [0.2, 0.25) is 0 Å². The fraction of sp³-hybridized carbons (Fsp3) is 0.538. The Labute approximate surface area is 106 Å². The lowest BCUT2D eigenvalue weighted by Gasteiger charge is -2.21. The lowest BCUT2D eigenvalue weighted by atomic mass is 10.1. The van der Waals surface area contributed by atoms with Gasteiger partial charge in [-0.2, -0.15) is 0 Å². The van der Waals surface area contributed by atoms with Crippen molar-refractivity contribution in [1.82, 2.24) is 5.32 Å². The number of amides is 1. The largest absolute Gasteiger partial charge is 0.461 e. The minimum absolute atomic E-state index is 0.149.